The summed E-state index contributed by atoms with van der Waals surface area (Å²) in [4.78, 5) is 0. The Morgan fingerprint density at radius 3 is 2.36 bits per heavy atom. The number of ether oxygens (including phenoxy) is 7. The largest absolute Gasteiger partial charge is 0.618 e. The van der Waals surface area contributed by atoms with Crippen molar-refractivity contribution in [1.29, 1.82) is 0 Å². The van der Waals surface area contributed by atoms with E-state index in [1.54, 1.807) is 65.0 Å². The summed E-state index contributed by atoms with van der Waals surface area (Å²) in [5, 5.41) is 12.9. The topological polar surface area (TPSA) is 122 Å². The molecule has 2 atom stereocenters. The summed E-state index contributed by atoms with van der Waals surface area (Å²) in [5.74, 6) is 3.67. The summed E-state index contributed by atoms with van der Waals surface area (Å²) in [6.07, 6.45) is 7.85. The van der Waals surface area contributed by atoms with Crippen molar-refractivity contribution in [3.63, 3.8) is 0 Å². The SMILES string of the molecule is COc1cc(Oc2ccc(OCCCOC3CCC=C4[C@@H]3Cn3ccc(OC)c3C=[N+]4[O-])cc2N)cc(OC)c1OC. The first kappa shape index (κ1) is 29.0. The molecule has 1 aliphatic heterocycles. The van der Waals surface area contributed by atoms with Crippen molar-refractivity contribution < 1.29 is 37.9 Å². The van der Waals surface area contributed by atoms with Gasteiger partial charge in [0.05, 0.1) is 59.4 Å². The van der Waals surface area contributed by atoms with Gasteiger partial charge in [0.2, 0.25) is 12.0 Å². The van der Waals surface area contributed by atoms with Crippen LogP contribution in [-0.4, -0.2) is 63.3 Å². The molecule has 2 N–H and O–H groups in total. The quantitative estimate of drug-likeness (QED) is 0.137. The van der Waals surface area contributed by atoms with E-state index in [0.717, 1.165) is 29.0 Å². The monoisotopic (exact) mass is 579 g/mol. The Hall–Kier alpha value is -4.51. The molecule has 0 amide bonds. The van der Waals surface area contributed by atoms with Crippen LogP contribution in [0.3, 0.4) is 0 Å². The molecular weight excluding hydrogens is 542 g/mol. The number of hydrogen-bond donors (Lipinski definition) is 1. The number of aromatic nitrogens is 1. The van der Waals surface area contributed by atoms with Crippen LogP contribution in [0.4, 0.5) is 5.69 Å². The maximum Gasteiger partial charge on any atom is 0.208 e. The minimum Gasteiger partial charge on any atom is -0.618 e. The highest BCUT2D eigenvalue weighted by Gasteiger charge is 2.37. The zero-order valence-electron chi connectivity index (χ0n) is 24.3. The molecule has 11 heteroatoms. The maximum atomic E-state index is 12.9. The van der Waals surface area contributed by atoms with Gasteiger partial charge in [0.15, 0.2) is 22.9 Å². The number of benzene rings is 2. The molecular formula is C31H37N3O8. The zero-order valence-corrected chi connectivity index (χ0v) is 24.3. The van der Waals surface area contributed by atoms with Crippen LogP contribution in [0.5, 0.6) is 40.2 Å². The Kier molecular flexibility index (Phi) is 8.97. The molecule has 1 aliphatic carbocycles. The van der Waals surface area contributed by atoms with Gasteiger partial charge in [0, 0.05) is 37.4 Å². The number of hydroxylamine groups is 1. The third-order valence-electron chi connectivity index (χ3n) is 7.45. The van der Waals surface area contributed by atoms with Gasteiger partial charge >= 0.3 is 0 Å². The van der Waals surface area contributed by atoms with Crippen LogP contribution < -0.4 is 34.2 Å². The van der Waals surface area contributed by atoms with Gasteiger partial charge in [-0.25, -0.2) is 0 Å². The van der Waals surface area contributed by atoms with Crippen molar-refractivity contribution in [2.24, 2.45) is 5.92 Å². The Labute approximate surface area is 245 Å². The van der Waals surface area contributed by atoms with Crippen molar-refractivity contribution in [3.05, 3.63) is 65.3 Å². The number of anilines is 1. The van der Waals surface area contributed by atoms with Crippen LogP contribution in [0.1, 0.15) is 25.0 Å². The molecule has 2 heterocycles. The number of allylic oxidation sites excluding steroid dienone is 1. The average molecular weight is 580 g/mol. The molecule has 0 radical (unpaired) electrons. The highest BCUT2D eigenvalue weighted by atomic mass is 16.5. The summed E-state index contributed by atoms with van der Waals surface area (Å²) in [6, 6.07) is 10.6. The number of nitrogens with two attached hydrogens (primary N) is 1. The highest BCUT2D eigenvalue weighted by Crippen LogP contribution is 2.43. The van der Waals surface area contributed by atoms with Crippen molar-refractivity contribution >= 4 is 11.9 Å². The predicted molar refractivity (Wildman–Crippen MR) is 157 cm³/mol. The van der Waals surface area contributed by atoms with E-state index in [4.69, 9.17) is 38.9 Å². The summed E-state index contributed by atoms with van der Waals surface area (Å²) in [6.45, 7) is 1.62. The molecule has 11 nitrogen and oxygen atoms in total. The number of methoxy groups -OCH3 is 4. The third kappa shape index (κ3) is 6.06. The standard InChI is InChI=1S/C31H37N3O8/c1-36-28-11-12-33-18-22-24(34(35)19-25(28)33)7-5-8-26(22)41-14-6-13-40-20-9-10-27(23(32)15-20)42-21-16-29(37-2)31(39-4)30(17-21)38-3/h7,9-12,15-17,19,22,26H,5-6,8,13-14,18,32H2,1-4H3/t22-,26?/m0/s1. The molecule has 1 unspecified atom stereocenters. The lowest BCUT2D eigenvalue weighted by molar-refractivity contribution is -0.409. The molecule has 0 saturated heterocycles. The smallest absolute Gasteiger partial charge is 0.208 e. The van der Waals surface area contributed by atoms with Gasteiger partial charge in [0.25, 0.3) is 0 Å². The highest BCUT2D eigenvalue weighted by molar-refractivity contribution is 5.78. The lowest BCUT2D eigenvalue weighted by Crippen LogP contribution is -2.34. The van der Waals surface area contributed by atoms with Gasteiger partial charge in [-0.15, -0.1) is 0 Å². The van der Waals surface area contributed by atoms with E-state index in [0.29, 0.717) is 72.1 Å². The summed E-state index contributed by atoms with van der Waals surface area (Å²) < 4.78 is 42.8. The van der Waals surface area contributed by atoms with E-state index in [1.807, 2.05) is 18.3 Å². The molecule has 1 aromatic heterocycles. The van der Waals surface area contributed by atoms with E-state index in [2.05, 4.69) is 4.57 Å². The fraction of sp³-hybridized carbons (Fsp3) is 0.387. The molecule has 5 rings (SSSR count). The Morgan fingerprint density at radius 1 is 0.905 bits per heavy atom. The molecule has 224 valence electrons. The predicted octanol–water partition coefficient (Wildman–Crippen LogP) is 4.99. The lowest BCUT2D eigenvalue weighted by atomic mass is 9.89. The first-order chi connectivity index (χ1) is 20.4. The molecule has 2 aromatic carbocycles. The van der Waals surface area contributed by atoms with Gasteiger partial charge in [0.1, 0.15) is 22.9 Å². The number of nitrogen functional groups attached to an aromatic ring is 1. The molecule has 2 aliphatic rings. The molecule has 42 heavy (non-hydrogen) atoms. The minimum absolute atomic E-state index is 0.0373. The lowest BCUT2D eigenvalue weighted by Gasteiger charge is -2.29. The number of nitrogens with zero attached hydrogens (tertiary/aromatic N) is 2. The van der Waals surface area contributed by atoms with Crippen LogP contribution in [0, 0.1) is 11.1 Å². The first-order valence-electron chi connectivity index (χ1n) is 13.8. The molecule has 0 fully saturated rings. The molecule has 0 bridgehead atoms. The van der Waals surface area contributed by atoms with E-state index >= 15 is 0 Å². The maximum absolute atomic E-state index is 12.9. The second-order valence-corrected chi connectivity index (χ2v) is 9.96. The van der Waals surface area contributed by atoms with Crippen molar-refractivity contribution in [1.82, 2.24) is 4.57 Å². The number of fused-ring (bicyclic) bond motifs is 2. The number of hydrogen-bond acceptors (Lipinski definition) is 9. The van der Waals surface area contributed by atoms with E-state index < -0.39 is 0 Å². The first-order valence-corrected chi connectivity index (χ1v) is 13.8. The minimum atomic E-state index is -0.0588. The van der Waals surface area contributed by atoms with Crippen LogP contribution in [0.25, 0.3) is 0 Å². The Balaban J connectivity index is 1.14. The van der Waals surface area contributed by atoms with E-state index in [-0.39, 0.29) is 12.0 Å². The number of rotatable bonds is 12. The summed E-state index contributed by atoms with van der Waals surface area (Å²) in [7, 11) is 6.24. The van der Waals surface area contributed by atoms with Crippen LogP contribution in [-0.2, 0) is 11.3 Å². The third-order valence-corrected chi connectivity index (χ3v) is 7.45. The van der Waals surface area contributed by atoms with Gasteiger partial charge in [-0.1, -0.05) is 0 Å². The second-order valence-electron chi connectivity index (χ2n) is 9.96. The van der Waals surface area contributed by atoms with Gasteiger partial charge in [-0.3, -0.25) is 0 Å². The van der Waals surface area contributed by atoms with Gasteiger partial charge in [-0.05, 0) is 37.1 Å². The molecule has 3 aromatic rings. The normalized spacial score (nSPS) is 17.6. The van der Waals surface area contributed by atoms with Crippen molar-refractivity contribution in [3.8, 4) is 40.2 Å². The molecule has 0 saturated carbocycles. The summed E-state index contributed by atoms with van der Waals surface area (Å²) in [5.41, 5.74) is 8.20. The summed E-state index contributed by atoms with van der Waals surface area (Å²) >= 11 is 0. The Morgan fingerprint density at radius 2 is 1.67 bits per heavy atom. The average Bonchev–Trinajstić information content (AvgIpc) is 3.31. The van der Waals surface area contributed by atoms with Gasteiger partial charge in [-0.2, -0.15) is 4.74 Å². The second kappa shape index (κ2) is 13.0. The molecule has 0 spiro atoms. The van der Waals surface area contributed by atoms with Crippen LogP contribution in [0.2, 0.25) is 0 Å². The van der Waals surface area contributed by atoms with Crippen LogP contribution >= 0.6 is 0 Å². The van der Waals surface area contributed by atoms with E-state index in [9.17, 15) is 5.21 Å². The fourth-order valence-electron chi connectivity index (χ4n) is 5.37. The van der Waals surface area contributed by atoms with Gasteiger partial charge < -0.3 is 48.7 Å². The van der Waals surface area contributed by atoms with Crippen molar-refractivity contribution in [2.45, 2.75) is 31.9 Å². The van der Waals surface area contributed by atoms with Crippen molar-refractivity contribution in [2.75, 3.05) is 47.4 Å². The van der Waals surface area contributed by atoms with Crippen LogP contribution in [0.15, 0.2) is 54.4 Å². The fourth-order valence-corrected chi connectivity index (χ4v) is 5.37. The Bertz CT molecular complexity index is 1440. The van der Waals surface area contributed by atoms with E-state index in [1.165, 1.54) is 0 Å². The zero-order chi connectivity index (χ0) is 29.6.